The molecule has 1 heteroatoms. The largest absolute Gasteiger partial charge is 0.301 e. The van der Waals surface area contributed by atoms with E-state index in [1.54, 1.807) is 7.05 Å². The van der Waals surface area contributed by atoms with E-state index in [-0.39, 0.29) is 0 Å². The molecule has 1 rings (SSSR count). The average Bonchev–Trinajstić information content (AvgIpc) is 2.17. The van der Waals surface area contributed by atoms with Crippen LogP contribution in [0.4, 0.5) is 0 Å². The zero-order valence-electron chi connectivity index (χ0n) is 8.20. The Morgan fingerprint density at radius 3 is 2.77 bits per heavy atom. The number of benzene rings is 1. The van der Waals surface area contributed by atoms with Gasteiger partial charge in [-0.2, -0.15) is 0 Å². The lowest BCUT2D eigenvalue weighted by Gasteiger charge is -2.01. The van der Waals surface area contributed by atoms with Crippen LogP contribution in [0, 0.1) is 0 Å². The molecule has 0 unspecified atom stereocenters. The van der Waals surface area contributed by atoms with Crippen molar-refractivity contribution in [3.8, 4) is 0 Å². The molecule has 0 aromatic heterocycles. The molecule has 0 aliphatic carbocycles. The minimum Gasteiger partial charge on any atom is -0.301 e. The topological polar surface area (TPSA) is 12.4 Å². The van der Waals surface area contributed by atoms with Crippen molar-refractivity contribution >= 4 is 12.3 Å². The minimum atomic E-state index is 0.914. The normalized spacial score (nSPS) is 11.5. The molecule has 0 spiro atoms. The average molecular weight is 173 g/mol. The summed E-state index contributed by atoms with van der Waals surface area (Å²) in [7, 11) is 1.80. The smallest absolute Gasteiger partial charge is 0.0273 e. The van der Waals surface area contributed by atoms with Gasteiger partial charge in [0.15, 0.2) is 0 Å². The highest BCUT2D eigenvalue weighted by Gasteiger charge is 1.94. The molecule has 0 saturated carbocycles. The number of hydrogen-bond donors (Lipinski definition) is 0. The Hall–Kier alpha value is -1.37. The molecule has 0 radical (unpaired) electrons. The summed E-state index contributed by atoms with van der Waals surface area (Å²) in [5.74, 6) is 0. The maximum absolute atomic E-state index is 3.98. The van der Waals surface area contributed by atoms with Crippen LogP contribution in [-0.4, -0.2) is 13.3 Å². The quantitative estimate of drug-likeness (QED) is 0.623. The van der Waals surface area contributed by atoms with E-state index in [4.69, 9.17) is 0 Å². The van der Waals surface area contributed by atoms with Gasteiger partial charge in [0, 0.05) is 19.7 Å². The molecule has 0 N–H and O–H groups in total. The Kier molecular flexibility index (Phi) is 3.97. The van der Waals surface area contributed by atoms with Gasteiger partial charge in [-0.15, -0.1) is 0 Å². The lowest BCUT2D eigenvalue weighted by atomic mass is 10.0. The van der Waals surface area contributed by atoms with Gasteiger partial charge < -0.3 is 4.99 Å². The highest BCUT2D eigenvalue weighted by Crippen LogP contribution is 2.10. The third-order valence-electron chi connectivity index (χ3n) is 1.90. The van der Waals surface area contributed by atoms with E-state index in [2.05, 4.69) is 41.4 Å². The van der Waals surface area contributed by atoms with Crippen molar-refractivity contribution in [1.82, 2.24) is 0 Å². The first-order valence-electron chi connectivity index (χ1n) is 4.49. The van der Waals surface area contributed by atoms with Gasteiger partial charge >= 0.3 is 0 Å². The van der Waals surface area contributed by atoms with Crippen molar-refractivity contribution < 1.29 is 0 Å². The summed E-state index contributed by atoms with van der Waals surface area (Å²) >= 11 is 0. The first-order chi connectivity index (χ1) is 6.38. The molecule has 0 aliphatic rings. The van der Waals surface area contributed by atoms with Crippen LogP contribution in [0.5, 0.6) is 0 Å². The summed E-state index contributed by atoms with van der Waals surface area (Å²) in [4.78, 5) is 3.98. The van der Waals surface area contributed by atoms with Crippen LogP contribution in [0.15, 0.2) is 35.3 Å². The number of nitrogens with zero attached hydrogens (tertiary/aromatic N) is 1. The zero-order chi connectivity index (χ0) is 9.52. The van der Waals surface area contributed by atoms with E-state index < -0.39 is 0 Å². The summed E-state index contributed by atoms with van der Waals surface area (Å²) in [5.41, 5.74) is 2.61. The van der Waals surface area contributed by atoms with E-state index in [9.17, 15) is 0 Å². The third kappa shape index (κ3) is 2.86. The van der Waals surface area contributed by atoms with Crippen LogP contribution < -0.4 is 0 Å². The van der Waals surface area contributed by atoms with Crippen LogP contribution in [0.3, 0.4) is 0 Å². The summed E-state index contributed by atoms with van der Waals surface area (Å²) in [6, 6.07) is 8.38. The summed E-state index contributed by atoms with van der Waals surface area (Å²) < 4.78 is 0. The predicted molar refractivity (Wildman–Crippen MR) is 59.3 cm³/mol. The molecule has 0 atom stereocenters. The first-order valence-corrected chi connectivity index (χ1v) is 4.49. The molecule has 1 aromatic rings. The van der Waals surface area contributed by atoms with Gasteiger partial charge in [0.25, 0.3) is 0 Å². The maximum Gasteiger partial charge on any atom is 0.0273 e. The second-order valence-electron chi connectivity index (χ2n) is 2.84. The molecule has 0 heterocycles. The Morgan fingerprint density at radius 1 is 1.31 bits per heavy atom. The third-order valence-corrected chi connectivity index (χ3v) is 1.90. The van der Waals surface area contributed by atoms with Crippen LogP contribution in [0.2, 0.25) is 0 Å². The van der Waals surface area contributed by atoms with Gasteiger partial charge in [-0.3, -0.25) is 0 Å². The van der Waals surface area contributed by atoms with E-state index in [0.717, 1.165) is 6.42 Å². The molecular weight excluding hydrogens is 158 g/mol. The fraction of sp³-hybridized carbons (Fsp3) is 0.250. The molecular formula is C12H15N. The summed E-state index contributed by atoms with van der Waals surface area (Å²) in [6.45, 7) is 2.03. The Bertz CT molecular complexity index is 311. The number of rotatable bonds is 3. The second kappa shape index (κ2) is 5.31. The van der Waals surface area contributed by atoms with Gasteiger partial charge in [0.2, 0.25) is 0 Å². The van der Waals surface area contributed by atoms with Crippen LogP contribution in [-0.2, 0) is 6.42 Å². The molecule has 68 valence electrons. The van der Waals surface area contributed by atoms with E-state index in [0.29, 0.717) is 0 Å². The molecule has 0 aliphatic heterocycles. The van der Waals surface area contributed by atoms with Crippen LogP contribution in [0.25, 0.3) is 6.08 Å². The molecule has 0 saturated heterocycles. The van der Waals surface area contributed by atoms with Gasteiger partial charge in [-0.25, -0.2) is 0 Å². The zero-order valence-corrected chi connectivity index (χ0v) is 8.20. The fourth-order valence-electron chi connectivity index (χ4n) is 1.25. The first kappa shape index (κ1) is 9.72. The highest BCUT2D eigenvalue weighted by atomic mass is 14.6. The monoisotopic (exact) mass is 173 g/mol. The number of allylic oxidation sites excluding steroid dienone is 1. The van der Waals surface area contributed by atoms with E-state index in [1.165, 1.54) is 11.1 Å². The van der Waals surface area contributed by atoms with Crippen LogP contribution >= 0.6 is 0 Å². The molecule has 1 nitrogen and oxygen atoms in total. The van der Waals surface area contributed by atoms with Crippen molar-refractivity contribution in [3.63, 3.8) is 0 Å². The van der Waals surface area contributed by atoms with Crippen LogP contribution in [0.1, 0.15) is 18.1 Å². The maximum atomic E-state index is 3.98. The lowest BCUT2D eigenvalue weighted by Crippen LogP contribution is -1.89. The predicted octanol–water partition coefficient (Wildman–Crippen LogP) is 2.96. The Labute approximate surface area is 79.8 Å². The molecule has 0 bridgehead atoms. The van der Waals surface area contributed by atoms with Gasteiger partial charge in [0.05, 0.1) is 0 Å². The molecule has 0 amide bonds. The van der Waals surface area contributed by atoms with Crippen molar-refractivity contribution in [2.24, 2.45) is 4.99 Å². The highest BCUT2D eigenvalue weighted by molar-refractivity contribution is 5.65. The van der Waals surface area contributed by atoms with E-state index >= 15 is 0 Å². The number of aliphatic imine (C=N–C) groups is 1. The Morgan fingerprint density at radius 2 is 2.08 bits per heavy atom. The fourth-order valence-corrected chi connectivity index (χ4v) is 1.25. The van der Waals surface area contributed by atoms with Crippen molar-refractivity contribution in [2.45, 2.75) is 13.3 Å². The second-order valence-corrected chi connectivity index (χ2v) is 2.84. The van der Waals surface area contributed by atoms with Gasteiger partial charge in [-0.05, 0) is 18.1 Å². The van der Waals surface area contributed by atoms with Crippen molar-refractivity contribution in [2.75, 3.05) is 7.05 Å². The van der Waals surface area contributed by atoms with Crippen molar-refractivity contribution in [1.29, 1.82) is 0 Å². The van der Waals surface area contributed by atoms with E-state index in [1.807, 2.05) is 13.1 Å². The molecule has 13 heavy (non-hydrogen) atoms. The van der Waals surface area contributed by atoms with Crippen molar-refractivity contribution in [3.05, 3.63) is 41.5 Å². The SMILES string of the molecule is CC=Cc1ccccc1CC=NC. The van der Waals surface area contributed by atoms with Gasteiger partial charge in [0.1, 0.15) is 0 Å². The standard InChI is InChI=1S/C12H15N/c1-3-6-11-7-4-5-8-12(11)9-10-13-2/h3-8,10H,9H2,1-2H3. The molecule has 0 fully saturated rings. The molecule has 1 aromatic carbocycles. The Balaban J connectivity index is 2.90. The number of hydrogen-bond acceptors (Lipinski definition) is 1. The minimum absolute atomic E-state index is 0.914. The lowest BCUT2D eigenvalue weighted by molar-refractivity contribution is 1.31. The summed E-state index contributed by atoms with van der Waals surface area (Å²) in [6.07, 6.45) is 7.03. The van der Waals surface area contributed by atoms with Gasteiger partial charge in [-0.1, -0.05) is 36.4 Å². The summed E-state index contributed by atoms with van der Waals surface area (Å²) in [5, 5.41) is 0.